The van der Waals surface area contributed by atoms with Gasteiger partial charge in [0.05, 0.1) is 28.5 Å². The molecule has 2 aromatic carbocycles. The summed E-state index contributed by atoms with van der Waals surface area (Å²) in [7, 11) is 0. The number of hydrogen-bond donors (Lipinski definition) is 2. The Kier molecular flexibility index (Phi) is 4.30. The molecule has 1 atom stereocenters. The molecule has 0 saturated heterocycles. The number of amides is 2. The normalized spacial score (nSPS) is 11.9. The maximum Gasteiger partial charge on any atom is 0.261 e. The number of nitrogens with one attached hydrogen (secondary N) is 1. The number of fused-ring (bicyclic) bond motifs is 1. The molecule has 0 radical (unpaired) electrons. The number of anilines is 1. The number of rotatable bonds is 4. The van der Waals surface area contributed by atoms with Crippen LogP contribution in [0.3, 0.4) is 0 Å². The van der Waals surface area contributed by atoms with Gasteiger partial charge in [-0.3, -0.25) is 19.0 Å². The summed E-state index contributed by atoms with van der Waals surface area (Å²) in [5.74, 6) is -1.10. The quantitative estimate of drug-likeness (QED) is 0.756. The van der Waals surface area contributed by atoms with Crippen LogP contribution in [0.5, 0.6) is 0 Å². The SMILES string of the molecule is C[C@H](C(=O)Nc1ccccc1C(N)=O)n1cnc2ccccc2c1=O. The summed E-state index contributed by atoms with van der Waals surface area (Å²) in [6.07, 6.45) is 1.34. The molecule has 3 rings (SSSR count). The summed E-state index contributed by atoms with van der Waals surface area (Å²) < 4.78 is 1.25. The summed E-state index contributed by atoms with van der Waals surface area (Å²) in [5, 5.41) is 3.07. The van der Waals surface area contributed by atoms with Gasteiger partial charge in [0.25, 0.3) is 11.5 Å². The fraction of sp³-hybridized carbons (Fsp3) is 0.111. The van der Waals surface area contributed by atoms with Crippen LogP contribution in [0.15, 0.2) is 59.7 Å². The fourth-order valence-corrected chi connectivity index (χ4v) is 2.53. The summed E-state index contributed by atoms with van der Waals surface area (Å²) >= 11 is 0. The van der Waals surface area contributed by atoms with Gasteiger partial charge in [0.2, 0.25) is 5.91 Å². The van der Waals surface area contributed by atoms with Gasteiger partial charge in [0, 0.05) is 0 Å². The topological polar surface area (TPSA) is 107 Å². The van der Waals surface area contributed by atoms with E-state index in [1.165, 1.54) is 17.0 Å². The monoisotopic (exact) mass is 336 g/mol. The Morgan fingerprint density at radius 2 is 1.80 bits per heavy atom. The molecule has 25 heavy (non-hydrogen) atoms. The van der Waals surface area contributed by atoms with Crippen molar-refractivity contribution >= 4 is 28.4 Å². The summed E-state index contributed by atoms with van der Waals surface area (Å²) in [4.78, 5) is 40.8. The lowest BCUT2D eigenvalue weighted by molar-refractivity contribution is -0.118. The lowest BCUT2D eigenvalue weighted by atomic mass is 10.1. The molecule has 1 aromatic heterocycles. The van der Waals surface area contributed by atoms with Crippen LogP contribution >= 0.6 is 0 Å². The lowest BCUT2D eigenvalue weighted by Crippen LogP contribution is -2.32. The molecule has 7 nitrogen and oxygen atoms in total. The number of nitrogens with zero attached hydrogens (tertiary/aromatic N) is 2. The minimum absolute atomic E-state index is 0.201. The van der Waals surface area contributed by atoms with Crippen molar-refractivity contribution in [3.8, 4) is 0 Å². The zero-order valence-electron chi connectivity index (χ0n) is 13.5. The number of hydrogen-bond acceptors (Lipinski definition) is 4. The van der Waals surface area contributed by atoms with E-state index >= 15 is 0 Å². The first-order chi connectivity index (χ1) is 12.0. The standard InChI is InChI=1S/C18H16N4O3/c1-11(17(24)21-15-9-5-2-6-12(15)16(19)23)22-10-20-14-8-4-3-7-13(14)18(22)25/h2-11H,1H3,(H2,19,23)(H,21,24)/t11-/m1/s1. The lowest BCUT2D eigenvalue weighted by Gasteiger charge is -2.16. The number of carbonyl (C=O) groups is 2. The molecule has 0 spiro atoms. The first-order valence-corrected chi connectivity index (χ1v) is 7.64. The smallest absolute Gasteiger partial charge is 0.261 e. The van der Waals surface area contributed by atoms with Gasteiger partial charge in [-0.2, -0.15) is 0 Å². The highest BCUT2D eigenvalue weighted by Crippen LogP contribution is 2.16. The average Bonchev–Trinajstić information content (AvgIpc) is 2.62. The predicted molar refractivity (Wildman–Crippen MR) is 94.3 cm³/mol. The second kappa shape index (κ2) is 6.56. The first kappa shape index (κ1) is 16.4. The molecule has 0 fully saturated rings. The van der Waals surface area contributed by atoms with Gasteiger partial charge in [0.15, 0.2) is 0 Å². The van der Waals surface area contributed by atoms with Gasteiger partial charge >= 0.3 is 0 Å². The van der Waals surface area contributed by atoms with Crippen LogP contribution in [0, 0.1) is 0 Å². The Morgan fingerprint density at radius 1 is 1.12 bits per heavy atom. The van der Waals surface area contributed by atoms with Crippen molar-refractivity contribution in [2.45, 2.75) is 13.0 Å². The van der Waals surface area contributed by atoms with Gasteiger partial charge in [-0.1, -0.05) is 24.3 Å². The number of benzene rings is 2. The third kappa shape index (κ3) is 3.12. The van der Waals surface area contributed by atoms with E-state index in [1.54, 1.807) is 49.4 Å². The highest BCUT2D eigenvalue weighted by molar-refractivity contribution is 6.03. The van der Waals surface area contributed by atoms with Crippen molar-refractivity contribution in [1.82, 2.24) is 9.55 Å². The Hall–Kier alpha value is -3.48. The third-order valence-corrected chi connectivity index (χ3v) is 3.94. The van der Waals surface area contributed by atoms with Crippen molar-refractivity contribution < 1.29 is 9.59 Å². The maximum absolute atomic E-state index is 12.6. The van der Waals surface area contributed by atoms with Crippen LogP contribution < -0.4 is 16.6 Å². The molecule has 0 aliphatic heterocycles. The largest absolute Gasteiger partial charge is 0.366 e. The van der Waals surface area contributed by atoms with Crippen LogP contribution in [-0.4, -0.2) is 21.4 Å². The van der Waals surface area contributed by atoms with Gasteiger partial charge in [-0.05, 0) is 31.2 Å². The highest BCUT2D eigenvalue weighted by atomic mass is 16.2. The van der Waals surface area contributed by atoms with E-state index < -0.39 is 17.9 Å². The second-order valence-corrected chi connectivity index (χ2v) is 5.55. The van der Waals surface area contributed by atoms with Crippen LogP contribution in [-0.2, 0) is 4.79 Å². The Balaban J connectivity index is 1.93. The molecule has 7 heteroatoms. The Bertz CT molecular complexity index is 1030. The van der Waals surface area contributed by atoms with Gasteiger partial charge in [-0.25, -0.2) is 4.98 Å². The van der Waals surface area contributed by atoms with Crippen LogP contribution in [0.2, 0.25) is 0 Å². The van der Waals surface area contributed by atoms with E-state index in [1.807, 2.05) is 0 Å². The molecule has 0 saturated carbocycles. The zero-order valence-corrected chi connectivity index (χ0v) is 13.5. The molecule has 2 amide bonds. The molecule has 3 aromatic rings. The second-order valence-electron chi connectivity index (χ2n) is 5.55. The summed E-state index contributed by atoms with van der Waals surface area (Å²) in [6, 6.07) is 12.5. The van der Waals surface area contributed by atoms with Crippen molar-refractivity contribution in [3.63, 3.8) is 0 Å². The predicted octanol–water partition coefficient (Wildman–Crippen LogP) is 1.70. The third-order valence-electron chi connectivity index (χ3n) is 3.94. The van der Waals surface area contributed by atoms with Crippen LogP contribution in [0.4, 0.5) is 5.69 Å². The number of primary amides is 1. The van der Waals surface area contributed by atoms with Crippen LogP contribution in [0.25, 0.3) is 10.9 Å². The van der Waals surface area contributed by atoms with Crippen LogP contribution in [0.1, 0.15) is 23.3 Å². The number of para-hydroxylation sites is 2. The molecule has 0 bridgehead atoms. The number of nitrogens with two attached hydrogens (primary N) is 1. The molecular weight excluding hydrogens is 320 g/mol. The van der Waals surface area contributed by atoms with Crippen molar-refractivity contribution in [1.29, 1.82) is 0 Å². The van der Waals surface area contributed by atoms with Crippen molar-refractivity contribution in [3.05, 3.63) is 70.8 Å². The van der Waals surface area contributed by atoms with Crippen molar-refractivity contribution in [2.24, 2.45) is 5.73 Å². The zero-order chi connectivity index (χ0) is 18.0. The molecule has 126 valence electrons. The molecule has 0 aliphatic rings. The molecule has 3 N–H and O–H groups in total. The molecule has 0 unspecified atom stereocenters. The van der Waals surface area contributed by atoms with E-state index in [0.29, 0.717) is 16.6 Å². The number of carbonyl (C=O) groups excluding carboxylic acids is 2. The van der Waals surface area contributed by atoms with Gasteiger partial charge in [-0.15, -0.1) is 0 Å². The van der Waals surface area contributed by atoms with E-state index in [-0.39, 0.29) is 11.1 Å². The van der Waals surface area contributed by atoms with Gasteiger partial charge in [0.1, 0.15) is 6.04 Å². The molecule has 0 aliphatic carbocycles. The maximum atomic E-state index is 12.6. The Labute approximate surface area is 143 Å². The van der Waals surface area contributed by atoms with E-state index in [2.05, 4.69) is 10.3 Å². The fourth-order valence-electron chi connectivity index (χ4n) is 2.53. The molecular formula is C18H16N4O3. The highest BCUT2D eigenvalue weighted by Gasteiger charge is 2.19. The summed E-state index contributed by atoms with van der Waals surface area (Å²) in [5.41, 5.74) is 6.07. The van der Waals surface area contributed by atoms with E-state index in [9.17, 15) is 14.4 Å². The minimum atomic E-state index is -0.814. The molecule has 1 heterocycles. The first-order valence-electron chi connectivity index (χ1n) is 7.64. The average molecular weight is 336 g/mol. The minimum Gasteiger partial charge on any atom is -0.366 e. The van der Waals surface area contributed by atoms with Gasteiger partial charge < -0.3 is 11.1 Å². The van der Waals surface area contributed by atoms with E-state index in [0.717, 1.165) is 0 Å². The number of aromatic nitrogens is 2. The Morgan fingerprint density at radius 3 is 2.56 bits per heavy atom. The van der Waals surface area contributed by atoms with Crippen molar-refractivity contribution in [2.75, 3.05) is 5.32 Å². The summed E-state index contributed by atoms with van der Waals surface area (Å²) in [6.45, 7) is 1.58. The van der Waals surface area contributed by atoms with E-state index in [4.69, 9.17) is 5.73 Å².